The van der Waals surface area contributed by atoms with Crippen LogP contribution in [0.1, 0.15) is 44.5 Å². The second-order valence-corrected chi connectivity index (χ2v) is 11.0. The lowest BCUT2D eigenvalue weighted by atomic mass is 10.0. The van der Waals surface area contributed by atoms with Gasteiger partial charge in [0.15, 0.2) is 5.16 Å². The average Bonchev–Trinajstić information content (AvgIpc) is 2.64. The van der Waals surface area contributed by atoms with Crippen molar-refractivity contribution in [2.24, 2.45) is 0 Å². The molecule has 2 atom stereocenters. The minimum atomic E-state index is -1.16. The highest BCUT2D eigenvalue weighted by atomic mass is 127. The Morgan fingerprint density at radius 2 is 1.93 bits per heavy atom. The quantitative estimate of drug-likeness (QED) is 0.239. The summed E-state index contributed by atoms with van der Waals surface area (Å²) in [6.45, 7) is 5.92. The average molecular weight is 519 g/mol. The van der Waals surface area contributed by atoms with Gasteiger partial charge in [0.05, 0.1) is 13.2 Å². The third kappa shape index (κ3) is 7.08. The van der Waals surface area contributed by atoms with Gasteiger partial charge in [-0.15, -0.1) is 4.72 Å². The van der Waals surface area contributed by atoms with Crippen LogP contribution in [0.2, 0.25) is 0 Å². The lowest BCUT2D eigenvalue weighted by Gasteiger charge is -2.28. The van der Waals surface area contributed by atoms with Crippen LogP contribution in [0.3, 0.4) is 0 Å². The Bertz CT molecular complexity index is 716. The molecule has 0 bridgehead atoms. The first-order valence-electron chi connectivity index (χ1n) is 8.62. The van der Waals surface area contributed by atoms with E-state index in [9.17, 15) is 4.55 Å². The zero-order chi connectivity index (χ0) is 20.0. The monoisotopic (exact) mass is 519 g/mol. The Labute approximate surface area is 182 Å². The number of rotatable bonds is 8. The fraction of sp³-hybridized carbons (Fsp3) is 0.474. The van der Waals surface area contributed by atoms with Gasteiger partial charge in [-0.1, -0.05) is 23.9 Å². The van der Waals surface area contributed by atoms with Crippen LogP contribution in [0.25, 0.3) is 0 Å². The van der Waals surface area contributed by atoms with Gasteiger partial charge in [0.25, 0.3) is 0 Å². The number of aryl methyl sites for hydroxylation is 1. The SMILES string of the molecule is COc1cc(CC[C@H](N[S+]([O-])C(C)(C)C)c2ccc(I)cc2)nc(SC)n1. The van der Waals surface area contributed by atoms with Gasteiger partial charge in [-0.3, -0.25) is 0 Å². The van der Waals surface area contributed by atoms with E-state index < -0.39 is 11.4 Å². The zero-order valence-corrected chi connectivity index (χ0v) is 20.1. The molecule has 0 amide bonds. The molecular weight excluding hydrogens is 493 g/mol. The molecule has 2 rings (SSSR count). The molecule has 2 aromatic rings. The molecule has 0 radical (unpaired) electrons. The highest BCUT2D eigenvalue weighted by Crippen LogP contribution is 2.25. The van der Waals surface area contributed by atoms with Crippen molar-refractivity contribution in [1.82, 2.24) is 14.7 Å². The van der Waals surface area contributed by atoms with E-state index in [2.05, 4.69) is 61.5 Å². The molecule has 8 heteroatoms. The van der Waals surface area contributed by atoms with Gasteiger partial charge in [0.2, 0.25) is 5.88 Å². The maximum Gasteiger partial charge on any atom is 0.217 e. The molecule has 1 unspecified atom stereocenters. The second-order valence-electron chi connectivity index (χ2n) is 7.03. The van der Waals surface area contributed by atoms with Crippen molar-refractivity contribution < 1.29 is 9.29 Å². The summed E-state index contributed by atoms with van der Waals surface area (Å²) >= 11 is 2.63. The smallest absolute Gasteiger partial charge is 0.217 e. The van der Waals surface area contributed by atoms with Crippen molar-refractivity contribution in [3.63, 3.8) is 0 Å². The maximum atomic E-state index is 12.7. The molecule has 0 aliphatic rings. The largest absolute Gasteiger partial charge is 0.598 e. The summed E-state index contributed by atoms with van der Waals surface area (Å²) in [6, 6.07) is 10.2. The molecule has 5 nitrogen and oxygen atoms in total. The standard InChI is InChI=1S/C19H26IN3O2S2/c1-19(2,3)27(24)23-16(13-6-8-14(20)9-7-13)11-10-15-12-17(25-4)22-18(21-15)26-5/h6-9,12,16,23H,10-11H2,1-5H3/t16-,27?/m0/s1. The van der Waals surface area contributed by atoms with E-state index in [0.717, 1.165) is 24.1 Å². The van der Waals surface area contributed by atoms with Crippen LogP contribution in [0.5, 0.6) is 5.88 Å². The molecule has 0 saturated carbocycles. The first kappa shape index (κ1) is 22.7. The van der Waals surface area contributed by atoms with E-state index in [-0.39, 0.29) is 10.8 Å². The molecular formula is C19H26IN3O2S2. The van der Waals surface area contributed by atoms with Crippen molar-refractivity contribution in [1.29, 1.82) is 0 Å². The van der Waals surface area contributed by atoms with Crippen LogP contribution in [-0.4, -0.2) is 32.6 Å². The van der Waals surface area contributed by atoms with E-state index in [1.165, 1.54) is 15.3 Å². The van der Waals surface area contributed by atoms with E-state index in [1.807, 2.05) is 33.1 Å². The van der Waals surface area contributed by atoms with Gasteiger partial charge < -0.3 is 9.29 Å². The number of nitrogens with zero attached hydrogens (tertiary/aromatic N) is 2. The summed E-state index contributed by atoms with van der Waals surface area (Å²) in [4.78, 5) is 8.89. The number of methoxy groups -OCH3 is 1. The number of halogens is 1. The number of hydrogen-bond acceptors (Lipinski definition) is 6. The molecule has 27 heavy (non-hydrogen) atoms. The van der Waals surface area contributed by atoms with E-state index in [1.54, 1.807) is 7.11 Å². The normalized spacial score (nSPS) is 14.0. The van der Waals surface area contributed by atoms with E-state index in [4.69, 9.17) is 4.74 Å². The first-order chi connectivity index (χ1) is 12.7. The third-order valence-corrected chi connectivity index (χ3v) is 6.77. The van der Waals surface area contributed by atoms with Gasteiger partial charge in [0.1, 0.15) is 4.75 Å². The van der Waals surface area contributed by atoms with Gasteiger partial charge in [-0.2, -0.15) is 4.98 Å². The first-order valence-corrected chi connectivity index (χ1v) is 12.1. The molecule has 148 valence electrons. The van der Waals surface area contributed by atoms with Crippen LogP contribution >= 0.6 is 34.4 Å². The lowest BCUT2D eigenvalue weighted by Crippen LogP contribution is -2.41. The Hall–Kier alpha value is -0.550. The number of ether oxygens (including phenoxy) is 1. The molecule has 1 N–H and O–H groups in total. The molecule has 0 fully saturated rings. The van der Waals surface area contributed by atoms with Gasteiger partial charge in [-0.05, 0) is 80.2 Å². The highest BCUT2D eigenvalue weighted by Gasteiger charge is 2.29. The van der Waals surface area contributed by atoms with Crippen molar-refractivity contribution in [3.8, 4) is 5.88 Å². The lowest BCUT2D eigenvalue weighted by molar-refractivity contribution is 0.390. The summed E-state index contributed by atoms with van der Waals surface area (Å²) in [6.07, 6.45) is 3.45. The number of aromatic nitrogens is 2. The van der Waals surface area contributed by atoms with Crippen molar-refractivity contribution in [2.75, 3.05) is 13.4 Å². The number of benzene rings is 1. The van der Waals surface area contributed by atoms with Crippen LogP contribution in [0.4, 0.5) is 0 Å². The fourth-order valence-electron chi connectivity index (χ4n) is 2.36. The Morgan fingerprint density at radius 3 is 2.48 bits per heavy atom. The Morgan fingerprint density at radius 1 is 1.26 bits per heavy atom. The maximum absolute atomic E-state index is 12.7. The summed E-state index contributed by atoms with van der Waals surface area (Å²) in [5.41, 5.74) is 2.05. The molecule has 0 saturated heterocycles. The van der Waals surface area contributed by atoms with Crippen LogP contribution in [0.15, 0.2) is 35.5 Å². The molecule has 1 aromatic carbocycles. The summed E-state index contributed by atoms with van der Waals surface area (Å²) in [5, 5.41) is 0.696. The molecule has 0 spiro atoms. The van der Waals surface area contributed by atoms with Crippen molar-refractivity contribution in [3.05, 3.63) is 45.2 Å². The predicted molar refractivity (Wildman–Crippen MR) is 122 cm³/mol. The topological polar surface area (TPSA) is 70.1 Å². The van der Waals surface area contributed by atoms with Crippen molar-refractivity contribution in [2.45, 2.75) is 49.6 Å². The number of nitrogens with one attached hydrogen (secondary N) is 1. The van der Waals surface area contributed by atoms with Crippen LogP contribution < -0.4 is 9.46 Å². The Balaban J connectivity index is 2.20. The zero-order valence-electron chi connectivity index (χ0n) is 16.3. The Kier molecular flexibility index (Phi) is 8.67. The molecule has 1 heterocycles. The van der Waals surface area contributed by atoms with E-state index >= 15 is 0 Å². The van der Waals surface area contributed by atoms with Gasteiger partial charge in [-0.25, -0.2) is 4.98 Å². The summed E-state index contributed by atoms with van der Waals surface area (Å²) in [5.74, 6) is 0.571. The summed E-state index contributed by atoms with van der Waals surface area (Å²) < 4.78 is 22.1. The van der Waals surface area contributed by atoms with Crippen molar-refractivity contribution >= 4 is 45.7 Å². The van der Waals surface area contributed by atoms with Gasteiger partial charge in [0, 0.05) is 26.7 Å². The third-order valence-electron chi connectivity index (χ3n) is 3.89. The minimum Gasteiger partial charge on any atom is -0.598 e. The number of thioether (sulfide) groups is 1. The number of hydrogen-bond donors (Lipinski definition) is 1. The second kappa shape index (κ2) is 10.3. The summed E-state index contributed by atoms with van der Waals surface area (Å²) in [7, 11) is 1.61. The minimum absolute atomic E-state index is 0.0271. The predicted octanol–water partition coefficient (Wildman–Crippen LogP) is 4.54. The fourth-order valence-corrected chi connectivity index (χ4v) is 3.98. The molecule has 0 aliphatic heterocycles. The van der Waals surface area contributed by atoms with Crippen LogP contribution in [-0.2, 0) is 17.8 Å². The highest BCUT2D eigenvalue weighted by molar-refractivity contribution is 14.1. The molecule has 1 aromatic heterocycles. The van der Waals surface area contributed by atoms with E-state index in [0.29, 0.717) is 11.0 Å². The van der Waals surface area contributed by atoms with Crippen LogP contribution in [0, 0.1) is 3.57 Å². The van der Waals surface area contributed by atoms with Gasteiger partial charge >= 0.3 is 0 Å². The molecule has 0 aliphatic carbocycles.